The first-order chi connectivity index (χ1) is 11.0. The van der Waals surface area contributed by atoms with Crippen LogP contribution in [0.2, 0.25) is 0 Å². The van der Waals surface area contributed by atoms with Gasteiger partial charge in [-0.1, -0.05) is 6.07 Å². The van der Waals surface area contributed by atoms with Crippen LogP contribution in [0.3, 0.4) is 0 Å². The minimum absolute atomic E-state index is 0.00251. The van der Waals surface area contributed by atoms with Gasteiger partial charge in [-0.3, -0.25) is 14.5 Å². The molecule has 0 radical (unpaired) electrons. The fourth-order valence-corrected chi connectivity index (χ4v) is 3.00. The van der Waals surface area contributed by atoms with E-state index in [4.69, 9.17) is 0 Å². The summed E-state index contributed by atoms with van der Waals surface area (Å²) < 4.78 is 1.75. The predicted molar refractivity (Wildman–Crippen MR) is 85.9 cm³/mol. The average Bonchev–Trinajstić information content (AvgIpc) is 2.90. The molecular formula is C17H22N4O2. The number of nitrogens with one attached hydrogen (secondary N) is 1. The molecule has 1 fully saturated rings. The van der Waals surface area contributed by atoms with Crippen molar-refractivity contribution in [1.82, 2.24) is 20.1 Å². The maximum Gasteiger partial charge on any atom is 0.220 e. The highest BCUT2D eigenvalue weighted by Gasteiger charge is 2.42. The number of rotatable bonds is 5. The maximum absolute atomic E-state index is 12.2. The van der Waals surface area contributed by atoms with Gasteiger partial charge in [-0.2, -0.15) is 5.10 Å². The maximum atomic E-state index is 12.2. The predicted octanol–water partition coefficient (Wildman–Crippen LogP) is 1.32. The Balaban J connectivity index is 1.53. The highest BCUT2D eigenvalue weighted by molar-refractivity contribution is 5.76. The Morgan fingerprint density at radius 1 is 1.35 bits per heavy atom. The molecule has 0 aromatic carbocycles. The fraction of sp³-hybridized carbons (Fsp3) is 0.471. The average molecular weight is 314 g/mol. The van der Waals surface area contributed by atoms with Gasteiger partial charge in [0.2, 0.25) is 5.91 Å². The Bertz CT molecular complexity index is 697. The van der Waals surface area contributed by atoms with Crippen LogP contribution in [-0.4, -0.2) is 37.9 Å². The molecule has 0 saturated heterocycles. The second-order valence-electron chi connectivity index (χ2n) is 6.34. The molecule has 2 N–H and O–H groups in total. The lowest BCUT2D eigenvalue weighted by molar-refractivity contribution is -0.124. The fourth-order valence-electron chi connectivity index (χ4n) is 3.00. The molecule has 0 bridgehead atoms. The summed E-state index contributed by atoms with van der Waals surface area (Å²) in [6.07, 6.45) is 8.45. The number of aromatic nitrogens is 3. The molecule has 3 atom stereocenters. The van der Waals surface area contributed by atoms with E-state index in [1.54, 1.807) is 23.3 Å². The Labute approximate surface area is 135 Å². The van der Waals surface area contributed by atoms with Crippen molar-refractivity contribution in [2.24, 2.45) is 0 Å². The standard InChI is InChI=1S/C17H22N4O2/c1-11-5-13(9-18-7-11)3-4-16(23)20-14-6-15(22)17(14)21-10-12(2)8-19-21/h5,7-10,14-15,17,22H,3-4,6H2,1-2H3,(H,20,23)/t14-,15+,17+/m0/s1. The van der Waals surface area contributed by atoms with Crippen molar-refractivity contribution in [3.05, 3.63) is 47.5 Å². The first-order valence-electron chi connectivity index (χ1n) is 7.91. The van der Waals surface area contributed by atoms with Crippen LogP contribution in [0.25, 0.3) is 0 Å². The number of hydrogen-bond acceptors (Lipinski definition) is 4. The summed E-state index contributed by atoms with van der Waals surface area (Å²) in [7, 11) is 0. The van der Waals surface area contributed by atoms with Crippen molar-refractivity contribution >= 4 is 5.91 Å². The van der Waals surface area contributed by atoms with Gasteiger partial charge in [0.15, 0.2) is 0 Å². The number of nitrogens with zero attached hydrogens (tertiary/aromatic N) is 3. The number of amides is 1. The zero-order chi connectivity index (χ0) is 16.4. The number of hydrogen-bond donors (Lipinski definition) is 2. The molecule has 2 aromatic rings. The first kappa shape index (κ1) is 15.7. The van der Waals surface area contributed by atoms with Crippen LogP contribution in [-0.2, 0) is 11.2 Å². The Morgan fingerprint density at radius 3 is 2.83 bits per heavy atom. The van der Waals surface area contributed by atoms with Gasteiger partial charge in [0.05, 0.1) is 24.4 Å². The molecule has 3 rings (SSSR count). The molecule has 122 valence electrons. The molecule has 0 aliphatic heterocycles. The van der Waals surface area contributed by atoms with E-state index in [-0.39, 0.29) is 18.0 Å². The van der Waals surface area contributed by atoms with E-state index in [1.807, 2.05) is 26.1 Å². The van der Waals surface area contributed by atoms with Crippen molar-refractivity contribution in [3.8, 4) is 0 Å². The lowest BCUT2D eigenvalue weighted by Crippen LogP contribution is -2.56. The highest BCUT2D eigenvalue weighted by atomic mass is 16.3. The third-order valence-corrected chi connectivity index (χ3v) is 4.26. The zero-order valence-electron chi connectivity index (χ0n) is 13.4. The van der Waals surface area contributed by atoms with Gasteiger partial charge in [0.1, 0.15) is 0 Å². The second-order valence-corrected chi connectivity index (χ2v) is 6.34. The van der Waals surface area contributed by atoms with E-state index in [2.05, 4.69) is 15.4 Å². The highest BCUT2D eigenvalue weighted by Crippen LogP contribution is 2.32. The molecule has 2 aromatic heterocycles. The third-order valence-electron chi connectivity index (χ3n) is 4.26. The van der Waals surface area contributed by atoms with Gasteiger partial charge < -0.3 is 10.4 Å². The summed E-state index contributed by atoms with van der Waals surface area (Å²) >= 11 is 0. The third kappa shape index (κ3) is 3.59. The summed E-state index contributed by atoms with van der Waals surface area (Å²) in [6.45, 7) is 3.95. The minimum Gasteiger partial charge on any atom is -0.391 e. The van der Waals surface area contributed by atoms with Gasteiger partial charge >= 0.3 is 0 Å². The molecule has 2 heterocycles. The smallest absolute Gasteiger partial charge is 0.220 e. The Hall–Kier alpha value is -2.21. The topological polar surface area (TPSA) is 80.0 Å². The molecule has 0 spiro atoms. The summed E-state index contributed by atoms with van der Waals surface area (Å²) in [5, 5.41) is 17.2. The van der Waals surface area contributed by atoms with E-state index in [9.17, 15) is 9.90 Å². The first-order valence-corrected chi connectivity index (χ1v) is 7.91. The van der Waals surface area contributed by atoms with Crippen LogP contribution in [0.4, 0.5) is 0 Å². The van der Waals surface area contributed by atoms with Crippen molar-refractivity contribution in [2.75, 3.05) is 0 Å². The Morgan fingerprint density at radius 2 is 2.17 bits per heavy atom. The molecule has 1 saturated carbocycles. The van der Waals surface area contributed by atoms with Crippen molar-refractivity contribution < 1.29 is 9.90 Å². The van der Waals surface area contributed by atoms with E-state index in [0.717, 1.165) is 16.7 Å². The summed E-state index contributed by atoms with van der Waals surface area (Å²) in [4.78, 5) is 16.3. The van der Waals surface area contributed by atoms with Gasteiger partial charge in [-0.05, 0) is 43.4 Å². The van der Waals surface area contributed by atoms with E-state index < -0.39 is 6.10 Å². The lowest BCUT2D eigenvalue weighted by Gasteiger charge is -2.41. The lowest BCUT2D eigenvalue weighted by atomic mass is 9.83. The van der Waals surface area contributed by atoms with Gasteiger partial charge in [0.25, 0.3) is 0 Å². The van der Waals surface area contributed by atoms with Crippen LogP contribution in [0.5, 0.6) is 0 Å². The van der Waals surface area contributed by atoms with E-state index in [1.165, 1.54) is 0 Å². The quantitative estimate of drug-likeness (QED) is 0.872. The van der Waals surface area contributed by atoms with E-state index >= 15 is 0 Å². The Kier molecular flexibility index (Phi) is 4.43. The van der Waals surface area contributed by atoms with E-state index in [0.29, 0.717) is 19.3 Å². The number of carbonyl (C=O) groups is 1. The summed E-state index contributed by atoms with van der Waals surface area (Å²) in [5.74, 6) is -0.00251. The van der Waals surface area contributed by atoms with Gasteiger partial charge in [-0.25, -0.2) is 0 Å². The molecule has 1 aliphatic carbocycles. The number of pyridine rings is 1. The van der Waals surface area contributed by atoms with Crippen LogP contribution in [0.1, 0.15) is 35.6 Å². The van der Waals surface area contributed by atoms with Crippen LogP contribution >= 0.6 is 0 Å². The summed E-state index contributed by atoms with van der Waals surface area (Å²) in [5.41, 5.74) is 3.20. The minimum atomic E-state index is -0.458. The molecule has 23 heavy (non-hydrogen) atoms. The zero-order valence-corrected chi connectivity index (χ0v) is 13.4. The molecule has 0 unspecified atom stereocenters. The molecule has 1 aliphatic rings. The summed E-state index contributed by atoms with van der Waals surface area (Å²) in [6, 6.07) is 1.81. The number of aliphatic hydroxyl groups excluding tert-OH is 1. The van der Waals surface area contributed by atoms with Crippen LogP contribution in [0, 0.1) is 13.8 Å². The van der Waals surface area contributed by atoms with Crippen molar-refractivity contribution in [3.63, 3.8) is 0 Å². The SMILES string of the molecule is Cc1cncc(CCC(=O)N[C@H]2C[C@@H](O)[C@@H]2n2cc(C)cn2)c1. The molecule has 1 amide bonds. The molecule has 6 heteroatoms. The monoisotopic (exact) mass is 314 g/mol. The number of aliphatic hydroxyl groups is 1. The van der Waals surface area contributed by atoms with Gasteiger partial charge in [-0.15, -0.1) is 0 Å². The molecule has 6 nitrogen and oxygen atoms in total. The van der Waals surface area contributed by atoms with Crippen molar-refractivity contribution in [1.29, 1.82) is 0 Å². The normalized spacial score (nSPS) is 23.3. The largest absolute Gasteiger partial charge is 0.391 e. The molecular weight excluding hydrogens is 292 g/mol. The van der Waals surface area contributed by atoms with Crippen LogP contribution < -0.4 is 5.32 Å². The number of carbonyl (C=O) groups excluding carboxylic acids is 1. The van der Waals surface area contributed by atoms with Crippen molar-refractivity contribution in [2.45, 2.75) is 51.3 Å². The van der Waals surface area contributed by atoms with Gasteiger partial charge in [0, 0.05) is 25.0 Å². The second kappa shape index (κ2) is 6.50. The van der Waals surface area contributed by atoms with Crippen LogP contribution in [0.15, 0.2) is 30.9 Å². The number of aryl methyl sites for hydroxylation is 3.